The Hall–Kier alpha value is -0.780. The summed E-state index contributed by atoms with van der Waals surface area (Å²) in [6, 6.07) is 8.55. The Balaban J connectivity index is 0.00000176. The number of carbonyl (C=O) groups excluding carboxylic acids is 1. The van der Waals surface area contributed by atoms with Gasteiger partial charge in [0.1, 0.15) is 0 Å². The SMILES string of the molecule is Cl.O=C(NC1CCN(c2ccccc2Br)C1)C1CCNCC1. The largest absolute Gasteiger partial charge is 0.368 e. The van der Waals surface area contributed by atoms with E-state index in [1.807, 2.05) is 6.07 Å². The molecule has 0 aliphatic carbocycles. The van der Waals surface area contributed by atoms with E-state index in [1.54, 1.807) is 0 Å². The molecule has 22 heavy (non-hydrogen) atoms. The van der Waals surface area contributed by atoms with Crippen LogP contribution < -0.4 is 15.5 Å². The first-order valence-corrected chi connectivity index (χ1v) is 8.54. The Kier molecular flexibility index (Phi) is 6.53. The van der Waals surface area contributed by atoms with E-state index < -0.39 is 0 Å². The lowest BCUT2D eigenvalue weighted by molar-refractivity contribution is -0.126. The van der Waals surface area contributed by atoms with E-state index >= 15 is 0 Å². The van der Waals surface area contributed by atoms with Gasteiger partial charge in [0.2, 0.25) is 5.91 Å². The van der Waals surface area contributed by atoms with Gasteiger partial charge in [0.15, 0.2) is 0 Å². The Bertz CT molecular complexity index is 508. The maximum atomic E-state index is 12.3. The first-order chi connectivity index (χ1) is 10.2. The molecule has 1 aromatic rings. The fourth-order valence-electron chi connectivity index (χ4n) is 3.21. The van der Waals surface area contributed by atoms with Crippen molar-refractivity contribution in [3.63, 3.8) is 0 Å². The number of nitrogens with one attached hydrogen (secondary N) is 2. The van der Waals surface area contributed by atoms with E-state index in [4.69, 9.17) is 0 Å². The van der Waals surface area contributed by atoms with Crippen molar-refractivity contribution in [2.75, 3.05) is 31.1 Å². The summed E-state index contributed by atoms with van der Waals surface area (Å²) in [5, 5.41) is 6.55. The van der Waals surface area contributed by atoms with Crippen LogP contribution in [0.25, 0.3) is 0 Å². The van der Waals surface area contributed by atoms with Crippen LogP contribution in [-0.4, -0.2) is 38.1 Å². The van der Waals surface area contributed by atoms with Crippen molar-refractivity contribution in [1.29, 1.82) is 0 Å². The van der Waals surface area contributed by atoms with Gasteiger partial charge >= 0.3 is 0 Å². The summed E-state index contributed by atoms with van der Waals surface area (Å²) in [6.07, 6.45) is 2.96. The molecule has 3 rings (SSSR count). The standard InChI is InChI=1S/C16H22BrN3O.ClH/c17-14-3-1-2-4-15(14)20-10-7-13(11-20)19-16(21)12-5-8-18-9-6-12;/h1-4,12-13,18H,5-11H2,(H,19,21);1H. The number of benzene rings is 1. The van der Waals surface area contributed by atoms with Crippen LogP contribution in [0.3, 0.4) is 0 Å². The number of hydrogen-bond acceptors (Lipinski definition) is 3. The maximum Gasteiger partial charge on any atom is 0.223 e. The summed E-state index contributed by atoms with van der Waals surface area (Å²) in [7, 11) is 0. The zero-order valence-corrected chi connectivity index (χ0v) is 15.0. The predicted molar refractivity (Wildman–Crippen MR) is 95.7 cm³/mol. The average Bonchev–Trinajstić information content (AvgIpc) is 2.97. The van der Waals surface area contributed by atoms with Crippen molar-refractivity contribution < 1.29 is 4.79 Å². The quantitative estimate of drug-likeness (QED) is 0.836. The molecule has 2 N–H and O–H groups in total. The fourth-order valence-corrected chi connectivity index (χ4v) is 3.74. The number of amides is 1. The summed E-state index contributed by atoms with van der Waals surface area (Å²) in [5.74, 6) is 0.444. The van der Waals surface area contributed by atoms with Crippen molar-refractivity contribution >= 4 is 39.9 Å². The number of hydrogen-bond donors (Lipinski definition) is 2. The Morgan fingerprint density at radius 1 is 1.23 bits per heavy atom. The first-order valence-electron chi connectivity index (χ1n) is 7.74. The van der Waals surface area contributed by atoms with Gasteiger partial charge in [-0.2, -0.15) is 0 Å². The number of piperidine rings is 1. The Morgan fingerprint density at radius 2 is 1.95 bits per heavy atom. The lowest BCUT2D eigenvalue weighted by Gasteiger charge is -2.24. The third-order valence-electron chi connectivity index (χ3n) is 4.44. The van der Waals surface area contributed by atoms with Crippen LogP contribution in [0, 0.1) is 5.92 Å². The molecule has 1 aromatic carbocycles. The lowest BCUT2D eigenvalue weighted by Crippen LogP contribution is -2.43. The average molecular weight is 389 g/mol. The highest BCUT2D eigenvalue weighted by Crippen LogP contribution is 2.28. The molecule has 2 fully saturated rings. The van der Waals surface area contributed by atoms with Gasteiger partial charge in [0, 0.05) is 29.5 Å². The van der Waals surface area contributed by atoms with Crippen LogP contribution in [0.1, 0.15) is 19.3 Å². The first kappa shape index (κ1) is 17.6. The molecule has 2 aliphatic rings. The second kappa shape index (κ2) is 8.18. The fraction of sp³-hybridized carbons (Fsp3) is 0.562. The van der Waals surface area contributed by atoms with Gasteiger partial charge in [-0.1, -0.05) is 12.1 Å². The third kappa shape index (κ3) is 4.15. The van der Waals surface area contributed by atoms with E-state index in [-0.39, 0.29) is 30.3 Å². The summed E-state index contributed by atoms with van der Waals surface area (Å²) in [5.41, 5.74) is 1.22. The van der Waals surface area contributed by atoms with Crippen molar-refractivity contribution in [3.05, 3.63) is 28.7 Å². The lowest BCUT2D eigenvalue weighted by atomic mass is 9.97. The highest BCUT2D eigenvalue weighted by molar-refractivity contribution is 9.10. The van der Waals surface area contributed by atoms with Gasteiger partial charge in [-0.15, -0.1) is 12.4 Å². The molecule has 2 heterocycles. The van der Waals surface area contributed by atoms with Crippen LogP contribution in [0.2, 0.25) is 0 Å². The number of carbonyl (C=O) groups is 1. The van der Waals surface area contributed by atoms with Gasteiger partial charge in [0.05, 0.1) is 5.69 Å². The van der Waals surface area contributed by atoms with Crippen molar-refractivity contribution in [2.24, 2.45) is 5.92 Å². The minimum atomic E-state index is 0. The van der Waals surface area contributed by atoms with Crippen molar-refractivity contribution in [1.82, 2.24) is 10.6 Å². The van der Waals surface area contributed by atoms with Crippen LogP contribution in [0.4, 0.5) is 5.69 Å². The van der Waals surface area contributed by atoms with Crippen molar-refractivity contribution in [2.45, 2.75) is 25.3 Å². The molecule has 122 valence electrons. The molecule has 0 bridgehead atoms. The zero-order valence-electron chi connectivity index (χ0n) is 12.6. The molecular formula is C16H23BrClN3O. The predicted octanol–water partition coefficient (Wildman–Crippen LogP) is 2.57. The summed E-state index contributed by atoms with van der Waals surface area (Å²) < 4.78 is 1.12. The van der Waals surface area contributed by atoms with Crippen molar-refractivity contribution in [3.8, 4) is 0 Å². The van der Waals surface area contributed by atoms with Crippen LogP contribution in [0.5, 0.6) is 0 Å². The van der Waals surface area contributed by atoms with Gasteiger partial charge in [0.25, 0.3) is 0 Å². The number of nitrogens with zero attached hydrogens (tertiary/aromatic N) is 1. The molecule has 2 aliphatic heterocycles. The minimum absolute atomic E-state index is 0. The van der Waals surface area contributed by atoms with Gasteiger partial charge < -0.3 is 15.5 Å². The number of anilines is 1. The van der Waals surface area contributed by atoms with E-state index in [9.17, 15) is 4.79 Å². The smallest absolute Gasteiger partial charge is 0.223 e. The molecule has 0 saturated carbocycles. The Labute approximate surface area is 146 Å². The molecule has 4 nitrogen and oxygen atoms in total. The van der Waals surface area contributed by atoms with Crippen LogP contribution in [0.15, 0.2) is 28.7 Å². The number of rotatable bonds is 3. The minimum Gasteiger partial charge on any atom is -0.368 e. The molecule has 1 unspecified atom stereocenters. The van der Waals surface area contributed by atoms with E-state index in [0.29, 0.717) is 0 Å². The maximum absolute atomic E-state index is 12.3. The van der Waals surface area contributed by atoms with E-state index in [2.05, 4.69) is 49.7 Å². The van der Waals surface area contributed by atoms with Crippen LogP contribution >= 0.6 is 28.3 Å². The molecule has 0 spiro atoms. The molecular weight excluding hydrogens is 366 g/mol. The molecule has 2 saturated heterocycles. The molecule has 1 amide bonds. The topological polar surface area (TPSA) is 44.4 Å². The van der Waals surface area contributed by atoms with Crippen LogP contribution in [-0.2, 0) is 4.79 Å². The van der Waals surface area contributed by atoms with Gasteiger partial charge in [-0.3, -0.25) is 4.79 Å². The Morgan fingerprint density at radius 3 is 2.68 bits per heavy atom. The van der Waals surface area contributed by atoms with E-state index in [1.165, 1.54) is 5.69 Å². The number of para-hydroxylation sites is 1. The highest BCUT2D eigenvalue weighted by Gasteiger charge is 2.28. The third-order valence-corrected chi connectivity index (χ3v) is 5.11. The molecule has 1 atom stereocenters. The zero-order chi connectivity index (χ0) is 14.7. The van der Waals surface area contributed by atoms with Gasteiger partial charge in [-0.25, -0.2) is 0 Å². The molecule has 0 aromatic heterocycles. The van der Waals surface area contributed by atoms with E-state index in [0.717, 1.165) is 49.9 Å². The highest BCUT2D eigenvalue weighted by atomic mass is 79.9. The second-order valence-electron chi connectivity index (χ2n) is 5.92. The summed E-state index contributed by atoms with van der Waals surface area (Å²) >= 11 is 3.60. The summed E-state index contributed by atoms with van der Waals surface area (Å²) in [4.78, 5) is 14.6. The normalized spacial score (nSPS) is 22.2. The summed E-state index contributed by atoms with van der Waals surface area (Å²) in [6.45, 7) is 3.83. The van der Waals surface area contributed by atoms with Gasteiger partial charge in [-0.05, 0) is 60.4 Å². The molecule has 0 radical (unpaired) electrons. The monoisotopic (exact) mass is 387 g/mol. The second-order valence-corrected chi connectivity index (χ2v) is 6.77. The molecule has 6 heteroatoms. The number of halogens is 2.